The van der Waals surface area contributed by atoms with Crippen LogP contribution in [-0.4, -0.2) is 38.1 Å². The van der Waals surface area contributed by atoms with Crippen LogP contribution in [0, 0.1) is 0 Å². The molecule has 0 radical (unpaired) electrons. The second kappa shape index (κ2) is 7.37. The van der Waals surface area contributed by atoms with Crippen LogP contribution in [0.3, 0.4) is 0 Å². The average Bonchev–Trinajstić information content (AvgIpc) is 2.39. The molecular weight excluding hydrogens is 230 g/mol. The van der Waals surface area contributed by atoms with Crippen LogP contribution >= 0.6 is 0 Å². The largest absolute Gasteiger partial charge is 0.497 e. The van der Waals surface area contributed by atoms with Crippen molar-refractivity contribution in [2.45, 2.75) is 6.92 Å². The van der Waals surface area contributed by atoms with Crippen molar-refractivity contribution in [1.29, 1.82) is 0 Å². The Bertz CT molecular complexity index is 398. The number of amides is 1. The molecule has 0 fully saturated rings. The number of benzene rings is 1. The molecule has 4 nitrogen and oxygen atoms in total. The first-order valence-electron chi connectivity index (χ1n) is 5.82. The van der Waals surface area contributed by atoms with Crippen molar-refractivity contribution in [3.63, 3.8) is 0 Å². The molecule has 0 aliphatic rings. The minimum absolute atomic E-state index is 0.0177. The first-order chi connectivity index (χ1) is 8.67. The van der Waals surface area contributed by atoms with E-state index in [2.05, 4.69) is 0 Å². The fraction of sp³-hybridized carbons (Fsp3) is 0.357. The van der Waals surface area contributed by atoms with Crippen molar-refractivity contribution in [2.75, 3.05) is 27.3 Å². The van der Waals surface area contributed by atoms with E-state index < -0.39 is 0 Å². The maximum Gasteiger partial charge on any atom is 0.246 e. The molecule has 0 bridgehead atoms. The lowest BCUT2D eigenvalue weighted by Crippen LogP contribution is -2.29. The van der Waals surface area contributed by atoms with Crippen LogP contribution in [0.25, 0.3) is 0 Å². The zero-order valence-corrected chi connectivity index (χ0v) is 11.1. The lowest BCUT2D eigenvalue weighted by atomic mass is 10.3. The van der Waals surface area contributed by atoms with E-state index in [-0.39, 0.29) is 5.91 Å². The van der Waals surface area contributed by atoms with Gasteiger partial charge in [0.2, 0.25) is 5.91 Å². The fourth-order valence-corrected chi connectivity index (χ4v) is 1.35. The van der Waals surface area contributed by atoms with Gasteiger partial charge < -0.3 is 14.4 Å². The van der Waals surface area contributed by atoms with Crippen molar-refractivity contribution in [2.24, 2.45) is 0 Å². The topological polar surface area (TPSA) is 38.8 Å². The summed E-state index contributed by atoms with van der Waals surface area (Å²) in [5.74, 6) is 1.54. The van der Waals surface area contributed by atoms with E-state index in [4.69, 9.17) is 9.47 Å². The molecule has 0 aromatic heterocycles. The van der Waals surface area contributed by atoms with Gasteiger partial charge in [0, 0.05) is 7.05 Å². The Morgan fingerprint density at radius 1 is 1.28 bits per heavy atom. The molecule has 0 heterocycles. The Morgan fingerprint density at radius 3 is 2.44 bits per heavy atom. The smallest absolute Gasteiger partial charge is 0.246 e. The average molecular weight is 249 g/mol. The van der Waals surface area contributed by atoms with Gasteiger partial charge in [-0.25, -0.2) is 0 Å². The quantitative estimate of drug-likeness (QED) is 0.725. The van der Waals surface area contributed by atoms with Crippen molar-refractivity contribution in [3.8, 4) is 11.5 Å². The first kappa shape index (κ1) is 14.1. The predicted molar refractivity (Wildman–Crippen MR) is 70.9 cm³/mol. The van der Waals surface area contributed by atoms with Crippen LogP contribution in [-0.2, 0) is 4.79 Å². The van der Waals surface area contributed by atoms with E-state index >= 15 is 0 Å². The van der Waals surface area contributed by atoms with Crippen LogP contribution in [0.2, 0.25) is 0 Å². The molecule has 98 valence electrons. The van der Waals surface area contributed by atoms with Gasteiger partial charge in [0.05, 0.1) is 13.7 Å². The molecule has 0 N–H and O–H groups in total. The summed E-state index contributed by atoms with van der Waals surface area (Å²) >= 11 is 0. The number of likely N-dealkylation sites (N-methyl/N-ethyl adjacent to an activating group) is 1. The summed E-state index contributed by atoms with van der Waals surface area (Å²) in [6, 6.07) is 7.35. The Hall–Kier alpha value is -1.97. The molecule has 0 aliphatic heterocycles. The lowest BCUT2D eigenvalue weighted by molar-refractivity contribution is -0.125. The number of methoxy groups -OCH3 is 1. The summed E-state index contributed by atoms with van der Waals surface area (Å²) in [6.07, 6.45) is 3.26. The molecular formula is C14H19NO3. The second-order valence-corrected chi connectivity index (χ2v) is 3.78. The molecule has 0 saturated heterocycles. The molecule has 0 spiro atoms. The highest BCUT2D eigenvalue weighted by Gasteiger charge is 2.04. The normalized spacial score (nSPS) is 10.4. The van der Waals surface area contributed by atoms with E-state index in [9.17, 15) is 4.79 Å². The maximum absolute atomic E-state index is 11.4. The second-order valence-electron chi connectivity index (χ2n) is 3.78. The van der Waals surface area contributed by atoms with Crippen molar-refractivity contribution < 1.29 is 14.3 Å². The monoisotopic (exact) mass is 249 g/mol. The molecule has 1 aromatic rings. The van der Waals surface area contributed by atoms with Gasteiger partial charge in [-0.05, 0) is 37.3 Å². The van der Waals surface area contributed by atoms with Gasteiger partial charge in [0.25, 0.3) is 0 Å². The third-order valence-electron chi connectivity index (χ3n) is 2.44. The summed E-state index contributed by atoms with van der Waals surface area (Å²) < 4.78 is 10.6. The highest BCUT2D eigenvalue weighted by atomic mass is 16.5. The minimum atomic E-state index is -0.0177. The third-order valence-corrected chi connectivity index (χ3v) is 2.44. The van der Waals surface area contributed by atoms with Crippen LogP contribution in [0.15, 0.2) is 36.4 Å². The highest BCUT2D eigenvalue weighted by Crippen LogP contribution is 2.16. The molecule has 4 heteroatoms. The fourth-order valence-electron chi connectivity index (χ4n) is 1.35. The summed E-state index contributed by atoms with van der Waals surface area (Å²) in [5, 5.41) is 0. The molecule has 0 aliphatic carbocycles. The van der Waals surface area contributed by atoms with E-state index in [0.29, 0.717) is 13.2 Å². The Morgan fingerprint density at radius 2 is 1.89 bits per heavy atom. The van der Waals surface area contributed by atoms with Crippen LogP contribution < -0.4 is 9.47 Å². The molecule has 0 saturated carbocycles. The zero-order valence-electron chi connectivity index (χ0n) is 11.1. The highest BCUT2D eigenvalue weighted by molar-refractivity contribution is 5.87. The zero-order chi connectivity index (χ0) is 13.4. The van der Waals surface area contributed by atoms with E-state index in [1.807, 2.05) is 31.2 Å². The molecule has 0 unspecified atom stereocenters. The minimum Gasteiger partial charge on any atom is -0.497 e. The number of nitrogens with zero attached hydrogens (tertiary/aromatic N) is 1. The number of ether oxygens (including phenoxy) is 2. The van der Waals surface area contributed by atoms with Gasteiger partial charge in [-0.15, -0.1) is 0 Å². The molecule has 18 heavy (non-hydrogen) atoms. The first-order valence-corrected chi connectivity index (χ1v) is 5.82. The van der Waals surface area contributed by atoms with Crippen LogP contribution in [0.4, 0.5) is 0 Å². The lowest BCUT2D eigenvalue weighted by Gasteiger charge is -2.15. The summed E-state index contributed by atoms with van der Waals surface area (Å²) in [6.45, 7) is 2.83. The third kappa shape index (κ3) is 4.49. The summed E-state index contributed by atoms with van der Waals surface area (Å²) in [7, 11) is 3.37. The Labute approximate surface area is 108 Å². The van der Waals surface area contributed by atoms with Crippen LogP contribution in [0.5, 0.6) is 11.5 Å². The molecule has 1 aromatic carbocycles. The Kier molecular flexibility index (Phi) is 5.77. The number of carbonyl (C=O) groups excluding carboxylic acids is 1. The Balaban J connectivity index is 2.34. The van der Waals surface area contributed by atoms with E-state index in [1.165, 1.54) is 6.08 Å². The molecule has 0 atom stereocenters. The predicted octanol–water partition coefficient (Wildman–Crippen LogP) is 2.11. The number of rotatable bonds is 6. The number of hydrogen-bond acceptors (Lipinski definition) is 3. The SMILES string of the molecule is CC=CC(=O)N(C)CCOc1ccc(OC)cc1. The van der Waals surface area contributed by atoms with Crippen molar-refractivity contribution in [1.82, 2.24) is 4.90 Å². The number of carbonyl (C=O) groups is 1. The van der Waals surface area contributed by atoms with Gasteiger partial charge in [0.1, 0.15) is 18.1 Å². The van der Waals surface area contributed by atoms with Gasteiger partial charge in [-0.1, -0.05) is 6.08 Å². The van der Waals surface area contributed by atoms with Crippen molar-refractivity contribution >= 4 is 5.91 Å². The molecule has 1 amide bonds. The van der Waals surface area contributed by atoms with E-state index in [1.54, 1.807) is 25.1 Å². The van der Waals surface area contributed by atoms with Gasteiger partial charge >= 0.3 is 0 Å². The van der Waals surface area contributed by atoms with Gasteiger partial charge in [-0.3, -0.25) is 4.79 Å². The van der Waals surface area contributed by atoms with Crippen molar-refractivity contribution in [3.05, 3.63) is 36.4 Å². The number of allylic oxidation sites excluding steroid dienone is 1. The van der Waals surface area contributed by atoms with E-state index in [0.717, 1.165) is 11.5 Å². The van der Waals surface area contributed by atoms with Crippen LogP contribution in [0.1, 0.15) is 6.92 Å². The van der Waals surface area contributed by atoms with Gasteiger partial charge in [-0.2, -0.15) is 0 Å². The maximum atomic E-state index is 11.4. The summed E-state index contributed by atoms with van der Waals surface area (Å²) in [5.41, 5.74) is 0. The van der Waals surface area contributed by atoms with Gasteiger partial charge in [0.15, 0.2) is 0 Å². The standard InChI is InChI=1S/C14H19NO3/c1-4-5-14(16)15(2)10-11-18-13-8-6-12(17-3)7-9-13/h4-9H,10-11H2,1-3H3. The summed E-state index contributed by atoms with van der Waals surface area (Å²) in [4.78, 5) is 13.1. The molecule has 1 rings (SSSR count). The number of hydrogen-bond donors (Lipinski definition) is 0.